The Balaban J connectivity index is 1.79. The summed E-state index contributed by atoms with van der Waals surface area (Å²) >= 11 is 0. The van der Waals surface area contributed by atoms with Crippen molar-refractivity contribution in [2.45, 2.75) is 6.54 Å². The third kappa shape index (κ3) is 3.77. The molecule has 7 heteroatoms. The van der Waals surface area contributed by atoms with Gasteiger partial charge in [-0.1, -0.05) is 6.07 Å². The van der Waals surface area contributed by atoms with Crippen LogP contribution in [0.5, 0.6) is 0 Å². The van der Waals surface area contributed by atoms with Gasteiger partial charge in [-0.2, -0.15) is 0 Å². The van der Waals surface area contributed by atoms with Crippen molar-refractivity contribution in [1.29, 1.82) is 0 Å². The predicted octanol–water partition coefficient (Wildman–Crippen LogP) is 2.73. The summed E-state index contributed by atoms with van der Waals surface area (Å²) in [6.07, 6.45) is 0. The van der Waals surface area contributed by atoms with E-state index >= 15 is 0 Å². The average Bonchev–Trinajstić information content (AvgIpc) is 2.74. The molecule has 0 atom stereocenters. The number of nitro groups is 1. The third-order valence-corrected chi connectivity index (χ3v) is 4.35. The summed E-state index contributed by atoms with van der Waals surface area (Å²) in [7, 11) is 4.13. The lowest BCUT2D eigenvalue weighted by Gasteiger charge is -2.20. The molecule has 0 aliphatic carbocycles. The molecule has 1 amide bonds. The van der Waals surface area contributed by atoms with Crippen LogP contribution < -0.4 is 10.2 Å². The number of nitrogens with one attached hydrogen (secondary N) is 1. The lowest BCUT2D eigenvalue weighted by molar-refractivity contribution is -0.384. The van der Waals surface area contributed by atoms with Gasteiger partial charge in [0.2, 0.25) is 0 Å². The highest BCUT2D eigenvalue weighted by atomic mass is 16.6. The minimum absolute atomic E-state index is 0.0349. The van der Waals surface area contributed by atoms with E-state index in [2.05, 4.69) is 22.2 Å². The lowest BCUT2D eigenvalue weighted by Crippen LogP contribution is -2.26. The van der Waals surface area contributed by atoms with Crippen LogP contribution in [0.25, 0.3) is 0 Å². The first kappa shape index (κ1) is 16.9. The number of fused-ring (bicyclic) bond motifs is 1. The van der Waals surface area contributed by atoms with Crippen molar-refractivity contribution >= 4 is 23.0 Å². The molecule has 0 fully saturated rings. The van der Waals surface area contributed by atoms with Crippen LogP contribution in [0.2, 0.25) is 0 Å². The zero-order chi connectivity index (χ0) is 18.0. The molecule has 1 N–H and O–H groups in total. The van der Waals surface area contributed by atoms with Crippen molar-refractivity contribution in [3.05, 3.63) is 63.7 Å². The van der Waals surface area contributed by atoms with E-state index in [9.17, 15) is 14.9 Å². The number of carbonyl (C=O) groups excluding carboxylic acids is 1. The van der Waals surface area contributed by atoms with Gasteiger partial charge in [-0.25, -0.2) is 0 Å². The molecule has 0 saturated carbocycles. The third-order valence-electron chi connectivity index (χ3n) is 4.35. The number of non-ortho nitro benzene ring substituents is 1. The van der Waals surface area contributed by atoms with E-state index in [1.807, 2.05) is 25.2 Å². The second kappa shape index (κ2) is 6.90. The number of rotatable bonds is 3. The van der Waals surface area contributed by atoms with E-state index in [0.29, 0.717) is 11.3 Å². The van der Waals surface area contributed by atoms with E-state index in [-0.39, 0.29) is 11.6 Å². The van der Waals surface area contributed by atoms with E-state index in [4.69, 9.17) is 0 Å². The number of carbonyl (C=O) groups is 1. The molecule has 0 bridgehead atoms. The number of nitro benzene ring substituents is 1. The molecule has 0 radical (unpaired) electrons. The lowest BCUT2D eigenvalue weighted by atomic mass is 10.1. The van der Waals surface area contributed by atoms with Gasteiger partial charge in [-0.05, 0) is 36.9 Å². The largest absolute Gasteiger partial charge is 0.373 e. The molecule has 0 saturated heterocycles. The van der Waals surface area contributed by atoms with Crippen LogP contribution in [0.1, 0.15) is 15.9 Å². The van der Waals surface area contributed by atoms with Crippen LogP contribution in [-0.2, 0) is 6.54 Å². The molecule has 0 spiro atoms. The van der Waals surface area contributed by atoms with Crippen LogP contribution in [-0.4, -0.2) is 42.9 Å². The topological polar surface area (TPSA) is 78.7 Å². The molecule has 3 rings (SSSR count). The van der Waals surface area contributed by atoms with Gasteiger partial charge in [-0.15, -0.1) is 0 Å². The maximum atomic E-state index is 12.4. The van der Waals surface area contributed by atoms with E-state index < -0.39 is 4.92 Å². The van der Waals surface area contributed by atoms with Crippen LogP contribution in [0.3, 0.4) is 0 Å². The molecule has 0 unspecified atom stereocenters. The number of nitrogens with zero attached hydrogens (tertiary/aromatic N) is 3. The number of benzene rings is 2. The summed E-state index contributed by atoms with van der Waals surface area (Å²) < 4.78 is 0. The van der Waals surface area contributed by atoms with Crippen LogP contribution in [0.15, 0.2) is 42.5 Å². The first-order valence-corrected chi connectivity index (χ1v) is 8.02. The molecule has 25 heavy (non-hydrogen) atoms. The Morgan fingerprint density at radius 2 is 1.84 bits per heavy atom. The standard InChI is InChI=1S/C18H20N4O3/c1-20-9-10-21(2)17-11-15(6-3-14(17)12-20)19-18(23)13-4-7-16(8-5-13)22(24)25/h3-8,11H,9-10,12H2,1-2H3,(H,19,23). The Labute approximate surface area is 146 Å². The van der Waals surface area contributed by atoms with E-state index in [0.717, 1.165) is 25.3 Å². The van der Waals surface area contributed by atoms with Gasteiger partial charge in [0, 0.05) is 55.8 Å². The molecule has 1 aliphatic heterocycles. The zero-order valence-corrected chi connectivity index (χ0v) is 14.2. The normalized spacial score (nSPS) is 14.6. The van der Waals surface area contributed by atoms with Gasteiger partial charge >= 0.3 is 0 Å². The van der Waals surface area contributed by atoms with Crippen molar-refractivity contribution < 1.29 is 9.72 Å². The highest BCUT2D eigenvalue weighted by Gasteiger charge is 2.16. The maximum absolute atomic E-state index is 12.4. The minimum atomic E-state index is -0.485. The maximum Gasteiger partial charge on any atom is 0.269 e. The second-order valence-corrected chi connectivity index (χ2v) is 6.26. The Bertz CT molecular complexity index is 804. The van der Waals surface area contributed by atoms with Crippen molar-refractivity contribution in [3.8, 4) is 0 Å². The van der Waals surface area contributed by atoms with Gasteiger partial charge < -0.3 is 15.1 Å². The van der Waals surface area contributed by atoms with E-state index in [1.165, 1.54) is 29.8 Å². The van der Waals surface area contributed by atoms with Crippen LogP contribution in [0.4, 0.5) is 17.1 Å². The molecular formula is C18H20N4O3. The summed E-state index contributed by atoms with van der Waals surface area (Å²) in [5, 5.41) is 13.5. The second-order valence-electron chi connectivity index (χ2n) is 6.26. The van der Waals surface area contributed by atoms with Crippen molar-refractivity contribution in [1.82, 2.24) is 4.90 Å². The Morgan fingerprint density at radius 1 is 1.12 bits per heavy atom. The van der Waals surface area contributed by atoms with Crippen molar-refractivity contribution in [3.63, 3.8) is 0 Å². The van der Waals surface area contributed by atoms with Gasteiger partial charge in [-0.3, -0.25) is 14.9 Å². The number of likely N-dealkylation sites (N-methyl/N-ethyl adjacent to an activating group) is 2. The Hall–Kier alpha value is -2.93. The van der Waals surface area contributed by atoms with Gasteiger partial charge in [0.1, 0.15) is 0 Å². The van der Waals surface area contributed by atoms with Crippen molar-refractivity contribution in [2.24, 2.45) is 0 Å². The van der Waals surface area contributed by atoms with Crippen LogP contribution in [0, 0.1) is 10.1 Å². The Kier molecular flexibility index (Phi) is 4.67. The molecule has 130 valence electrons. The fraction of sp³-hybridized carbons (Fsp3) is 0.278. The molecule has 0 aromatic heterocycles. The first-order chi connectivity index (χ1) is 11.9. The van der Waals surface area contributed by atoms with Gasteiger partial charge in [0.15, 0.2) is 0 Å². The summed E-state index contributed by atoms with van der Waals surface area (Å²) in [6, 6.07) is 11.5. The Morgan fingerprint density at radius 3 is 2.52 bits per heavy atom. The monoisotopic (exact) mass is 340 g/mol. The quantitative estimate of drug-likeness (QED) is 0.686. The number of amides is 1. The fourth-order valence-electron chi connectivity index (χ4n) is 2.88. The molecule has 1 aliphatic rings. The summed E-state index contributed by atoms with van der Waals surface area (Å²) in [5.74, 6) is -0.289. The zero-order valence-electron chi connectivity index (χ0n) is 14.2. The first-order valence-electron chi connectivity index (χ1n) is 8.02. The number of hydrogen-bond donors (Lipinski definition) is 1. The average molecular weight is 340 g/mol. The number of hydrogen-bond acceptors (Lipinski definition) is 5. The molecule has 1 heterocycles. The van der Waals surface area contributed by atoms with Gasteiger partial charge in [0.25, 0.3) is 11.6 Å². The molecular weight excluding hydrogens is 320 g/mol. The smallest absolute Gasteiger partial charge is 0.269 e. The SMILES string of the molecule is CN1CCN(C)c2cc(NC(=O)c3ccc([N+](=O)[O-])cc3)ccc2C1. The fourth-order valence-corrected chi connectivity index (χ4v) is 2.88. The van der Waals surface area contributed by atoms with Gasteiger partial charge in [0.05, 0.1) is 4.92 Å². The summed E-state index contributed by atoms with van der Waals surface area (Å²) in [4.78, 5) is 27.0. The van der Waals surface area contributed by atoms with Crippen LogP contribution >= 0.6 is 0 Å². The number of anilines is 2. The highest BCUT2D eigenvalue weighted by molar-refractivity contribution is 6.04. The molecule has 2 aromatic rings. The van der Waals surface area contributed by atoms with E-state index in [1.54, 1.807) is 0 Å². The summed E-state index contributed by atoms with van der Waals surface area (Å²) in [5.41, 5.74) is 3.38. The summed E-state index contributed by atoms with van der Waals surface area (Å²) in [6.45, 7) is 2.77. The highest BCUT2D eigenvalue weighted by Crippen LogP contribution is 2.27. The minimum Gasteiger partial charge on any atom is -0.373 e. The molecule has 7 nitrogen and oxygen atoms in total. The van der Waals surface area contributed by atoms with Crippen molar-refractivity contribution in [2.75, 3.05) is 37.4 Å². The molecule has 2 aromatic carbocycles. The predicted molar refractivity (Wildman–Crippen MR) is 97.1 cm³/mol.